The Morgan fingerprint density at radius 2 is 1.81 bits per heavy atom. The van der Waals surface area contributed by atoms with E-state index in [4.69, 9.17) is 4.74 Å². The number of nitro groups is 1. The smallest absolute Gasteiger partial charge is 0.293 e. The average Bonchev–Trinajstić information content (AvgIpc) is 2.68. The second kappa shape index (κ2) is 7.99. The van der Waals surface area contributed by atoms with E-state index in [1.165, 1.54) is 28.6 Å². The molecule has 2 aromatic rings. The Kier molecular flexibility index (Phi) is 5.68. The summed E-state index contributed by atoms with van der Waals surface area (Å²) < 4.78 is 44.7. The van der Waals surface area contributed by atoms with Crippen LogP contribution in [0.3, 0.4) is 0 Å². The van der Waals surface area contributed by atoms with Gasteiger partial charge in [0.25, 0.3) is 5.69 Å². The number of hydrogen-bond donors (Lipinski definition) is 1. The number of benzene rings is 2. The van der Waals surface area contributed by atoms with E-state index < -0.39 is 14.9 Å². The summed E-state index contributed by atoms with van der Waals surface area (Å²) in [4.78, 5) is 10.7. The summed E-state index contributed by atoms with van der Waals surface area (Å²) in [5, 5.41) is 14.3. The molecule has 1 aliphatic rings. The van der Waals surface area contributed by atoms with Crippen LogP contribution in [-0.4, -0.2) is 43.9 Å². The first-order chi connectivity index (χ1) is 12.9. The van der Waals surface area contributed by atoms with Crippen LogP contribution in [-0.2, 0) is 21.3 Å². The van der Waals surface area contributed by atoms with Gasteiger partial charge < -0.3 is 10.1 Å². The zero-order valence-corrected chi connectivity index (χ0v) is 15.1. The highest BCUT2D eigenvalue weighted by atomic mass is 32.2. The molecular formula is C17H18FN3O5S. The maximum absolute atomic E-state index is 13.0. The number of rotatable bonds is 6. The molecule has 2 aromatic carbocycles. The van der Waals surface area contributed by atoms with Gasteiger partial charge in [-0.1, -0.05) is 12.1 Å². The lowest BCUT2D eigenvalue weighted by molar-refractivity contribution is -0.384. The van der Waals surface area contributed by atoms with E-state index in [1.54, 1.807) is 12.1 Å². The summed E-state index contributed by atoms with van der Waals surface area (Å²) >= 11 is 0. The van der Waals surface area contributed by atoms with Crippen LogP contribution in [0.4, 0.5) is 15.8 Å². The van der Waals surface area contributed by atoms with Gasteiger partial charge in [0.15, 0.2) is 0 Å². The second-order valence-corrected chi connectivity index (χ2v) is 7.87. The lowest BCUT2D eigenvalue weighted by Gasteiger charge is -2.26. The van der Waals surface area contributed by atoms with Crippen molar-refractivity contribution < 1.29 is 22.5 Å². The van der Waals surface area contributed by atoms with Crippen LogP contribution in [0.1, 0.15) is 5.56 Å². The molecule has 0 amide bonds. The van der Waals surface area contributed by atoms with Gasteiger partial charge in [0.1, 0.15) is 11.5 Å². The molecule has 0 saturated carbocycles. The van der Waals surface area contributed by atoms with Gasteiger partial charge in [-0.3, -0.25) is 10.1 Å². The molecule has 0 unspecified atom stereocenters. The monoisotopic (exact) mass is 395 g/mol. The Morgan fingerprint density at radius 1 is 1.15 bits per heavy atom. The van der Waals surface area contributed by atoms with Gasteiger partial charge >= 0.3 is 0 Å². The van der Waals surface area contributed by atoms with Crippen LogP contribution < -0.4 is 5.32 Å². The number of nitro benzene ring substituents is 1. The third-order valence-corrected chi connectivity index (χ3v) is 6.06. The van der Waals surface area contributed by atoms with Crippen molar-refractivity contribution in [3.63, 3.8) is 0 Å². The van der Waals surface area contributed by atoms with E-state index in [-0.39, 0.29) is 41.7 Å². The molecule has 1 heterocycles. The van der Waals surface area contributed by atoms with Gasteiger partial charge in [0.2, 0.25) is 10.0 Å². The maximum atomic E-state index is 13.0. The molecule has 1 aliphatic heterocycles. The Labute approximate surface area is 155 Å². The summed E-state index contributed by atoms with van der Waals surface area (Å²) in [5.41, 5.74) is 0.576. The SMILES string of the molecule is O=[N+]([O-])c1cc(S(=O)(=O)N2CCOCC2)ccc1NCc1ccc(F)cc1. The number of ether oxygens (including phenoxy) is 1. The van der Waals surface area contributed by atoms with E-state index in [9.17, 15) is 22.9 Å². The fourth-order valence-electron chi connectivity index (χ4n) is 2.71. The second-order valence-electron chi connectivity index (χ2n) is 5.93. The van der Waals surface area contributed by atoms with E-state index in [0.29, 0.717) is 13.2 Å². The molecule has 0 spiro atoms. The maximum Gasteiger partial charge on any atom is 0.293 e. The predicted molar refractivity (Wildman–Crippen MR) is 96.4 cm³/mol. The van der Waals surface area contributed by atoms with Gasteiger partial charge in [0.05, 0.1) is 23.0 Å². The highest BCUT2D eigenvalue weighted by Gasteiger charge is 2.28. The van der Waals surface area contributed by atoms with Crippen LogP contribution in [0.2, 0.25) is 0 Å². The molecule has 1 saturated heterocycles. The van der Waals surface area contributed by atoms with E-state index in [1.807, 2.05) is 0 Å². The minimum Gasteiger partial charge on any atom is -0.379 e. The summed E-state index contributed by atoms with van der Waals surface area (Å²) in [6.07, 6.45) is 0. The van der Waals surface area contributed by atoms with Crippen LogP contribution in [0.5, 0.6) is 0 Å². The number of morpholine rings is 1. The standard InChI is InChI=1S/C17H18FN3O5S/c18-14-3-1-13(2-4-14)12-19-16-6-5-15(11-17(16)21(22)23)27(24,25)20-7-9-26-10-8-20/h1-6,11,19H,7-10,12H2. The molecule has 1 N–H and O–H groups in total. The number of nitrogens with zero attached hydrogens (tertiary/aromatic N) is 2. The van der Waals surface area contributed by atoms with Crippen molar-refractivity contribution in [2.75, 3.05) is 31.6 Å². The average molecular weight is 395 g/mol. The third kappa shape index (κ3) is 4.41. The zero-order chi connectivity index (χ0) is 19.4. The molecular weight excluding hydrogens is 377 g/mol. The highest BCUT2D eigenvalue weighted by molar-refractivity contribution is 7.89. The van der Waals surface area contributed by atoms with E-state index >= 15 is 0 Å². The third-order valence-electron chi connectivity index (χ3n) is 4.17. The molecule has 0 radical (unpaired) electrons. The Balaban J connectivity index is 1.84. The number of sulfonamides is 1. The number of anilines is 1. The van der Waals surface area contributed by atoms with Crippen molar-refractivity contribution in [2.45, 2.75) is 11.4 Å². The van der Waals surface area contributed by atoms with Crippen molar-refractivity contribution in [1.29, 1.82) is 0 Å². The van der Waals surface area contributed by atoms with Gasteiger partial charge in [-0.15, -0.1) is 0 Å². The van der Waals surface area contributed by atoms with E-state index in [2.05, 4.69) is 5.32 Å². The molecule has 27 heavy (non-hydrogen) atoms. The summed E-state index contributed by atoms with van der Waals surface area (Å²) in [5.74, 6) is -0.373. The Morgan fingerprint density at radius 3 is 2.44 bits per heavy atom. The number of hydrogen-bond acceptors (Lipinski definition) is 6. The number of nitrogens with one attached hydrogen (secondary N) is 1. The normalized spacial score (nSPS) is 15.4. The van der Waals surface area contributed by atoms with Gasteiger partial charge in [-0.2, -0.15) is 4.31 Å². The summed E-state index contributed by atoms with van der Waals surface area (Å²) in [6.45, 7) is 1.23. The van der Waals surface area contributed by atoms with E-state index in [0.717, 1.165) is 11.6 Å². The first kappa shape index (κ1) is 19.2. The minimum absolute atomic E-state index is 0.136. The largest absolute Gasteiger partial charge is 0.379 e. The molecule has 10 heteroatoms. The number of halogens is 1. The predicted octanol–water partition coefficient (Wildman–Crippen LogP) is 2.37. The molecule has 0 bridgehead atoms. The summed E-state index contributed by atoms with van der Waals surface area (Å²) in [6, 6.07) is 9.47. The van der Waals surface area contributed by atoms with Crippen LogP contribution in [0, 0.1) is 15.9 Å². The van der Waals surface area contributed by atoms with Gasteiger partial charge in [-0.25, -0.2) is 12.8 Å². The first-order valence-corrected chi connectivity index (χ1v) is 9.66. The molecule has 0 atom stereocenters. The quantitative estimate of drug-likeness (QED) is 0.595. The lowest BCUT2D eigenvalue weighted by atomic mass is 10.2. The topological polar surface area (TPSA) is 102 Å². The van der Waals surface area contributed by atoms with Crippen molar-refractivity contribution in [1.82, 2.24) is 4.31 Å². The highest BCUT2D eigenvalue weighted by Crippen LogP contribution is 2.29. The van der Waals surface area contributed by atoms with Gasteiger partial charge in [-0.05, 0) is 29.8 Å². The van der Waals surface area contributed by atoms with Crippen molar-refractivity contribution in [2.24, 2.45) is 0 Å². The van der Waals surface area contributed by atoms with Crippen molar-refractivity contribution in [3.8, 4) is 0 Å². The minimum atomic E-state index is -3.83. The fraction of sp³-hybridized carbons (Fsp3) is 0.294. The molecule has 0 aromatic heterocycles. The molecule has 3 rings (SSSR count). The molecule has 8 nitrogen and oxygen atoms in total. The zero-order valence-electron chi connectivity index (χ0n) is 14.3. The van der Waals surface area contributed by atoms with Crippen LogP contribution in [0.25, 0.3) is 0 Å². The molecule has 0 aliphatic carbocycles. The fourth-order valence-corrected chi connectivity index (χ4v) is 4.14. The summed E-state index contributed by atoms with van der Waals surface area (Å²) in [7, 11) is -3.83. The van der Waals surface area contributed by atoms with Crippen LogP contribution >= 0.6 is 0 Å². The van der Waals surface area contributed by atoms with Crippen LogP contribution in [0.15, 0.2) is 47.4 Å². The van der Waals surface area contributed by atoms with Crippen molar-refractivity contribution >= 4 is 21.4 Å². The van der Waals surface area contributed by atoms with Gasteiger partial charge in [0, 0.05) is 25.7 Å². The molecule has 1 fully saturated rings. The van der Waals surface area contributed by atoms with Crippen molar-refractivity contribution in [3.05, 3.63) is 64.0 Å². The molecule has 144 valence electrons. The Bertz CT molecular complexity index is 928. The first-order valence-electron chi connectivity index (χ1n) is 8.22. The Hall–Kier alpha value is -2.56. The lowest BCUT2D eigenvalue weighted by Crippen LogP contribution is -2.40.